The van der Waals surface area contributed by atoms with Gasteiger partial charge in [-0.3, -0.25) is 14.9 Å². The molecular weight excluding hydrogens is 346 g/mol. The van der Waals surface area contributed by atoms with Gasteiger partial charge in [0.1, 0.15) is 5.69 Å². The van der Waals surface area contributed by atoms with E-state index in [-0.39, 0.29) is 28.8 Å². The van der Waals surface area contributed by atoms with Crippen molar-refractivity contribution in [3.63, 3.8) is 0 Å². The van der Waals surface area contributed by atoms with Crippen LogP contribution in [-0.4, -0.2) is 41.2 Å². The minimum absolute atomic E-state index is 0.0292. The number of hydrogen-bond donors (Lipinski definition) is 1. The SMILES string of the molecule is CC(C)NC(=O)c1ccc(N2CC(C)(C)OC3(CCCC3)C2)c([N+](=O)[O-])c1. The first kappa shape index (κ1) is 19.6. The summed E-state index contributed by atoms with van der Waals surface area (Å²) in [6, 6.07) is 4.73. The van der Waals surface area contributed by atoms with Crippen LogP contribution in [0.3, 0.4) is 0 Å². The topological polar surface area (TPSA) is 84.7 Å². The van der Waals surface area contributed by atoms with E-state index in [1.54, 1.807) is 12.1 Å². The van der Waals surface area contributed by atoms with Gasteiger partial charge in [0.25, 0.3) is 11.6 Å². The highest BCUT2D eigenvalue weighted by molar-refractivity contribution is 5.96. The van der Waals surface area contributed by atoms with Crippen LogP contribution in [0.4, 0.5) is 11.4 Å². The van der Waals surface area contributed by atoms with Gasteiger partial charge in [-0.2, -0.15) is 0 Å². The van der Waals surface area contributed by atoms with Crippen LogP contribution in [0.5, 0.6) is 0 Å². The normalized spacial score (nSPS) is 20.9. The van der Waals surface area contributed by atoms with Crippen LogP contribution in [0.1, 0.15) is 63.7 Å². The Morgan fingerprint density at radius 2 is 1.93 bits per heavy atom. The number of hydrogen-bond acceptors (Lipinski definition) is 5. The van der Waals surface area contributed by atoms with Gasteiger partial charge in [0.15, 0.2) is 0 Å². The van der Waals surface area contributed by atoms with Gasteiger partial charge in [0.2, 0.25) is 0 Å². The zero-order valence-electron chi connectivity index (χ0n) is 16.6. The molecule has 1 N–H and O–H groups in total. The van der Waals surface area contributed by atoms with Crippen molar-refractivity contribution >= 4 is 17.3 Å². The molecule has 3 rings (SSSR count). The third-order valence-corrected chi connectivity index (χ3v) is 5.25. The third-order valence-electron chi connectivity index (χ3n) is 5.25. The van der Waals surface area contributed by atoms with Crippen molar-refractivity contribution in [2.24, 2.45) is 0 Å². The Morgan fingerprint density at radius 1 is 1.26 bits per heavy atom. The van der Waals surface area contributed by atoms with Crippen LogP contribution >= 0.6 is 0 Å². The molecule has 27 heavy (non-hydrogen) atoms. The Hall–Kier alpha value is -2.15. The predicted octanol–water partition coefficient (Wildman–Crippen LogP) is 3.66. The van der Waals surface area contributed by atoms with E-state index >= 15 is 0 Å². The first-order chi connectivity index (χ1) is 12.6. The van der Waals surface area contributed by atoms with E-state index in [2.05, 4.69) is 10.2 Å². The fraction of sp³-hybridized carbons (Fsp3) is 0.650. The maximum atomic E-state index is 12.3. The summed E-state index contributed by atoms with van der Waals surface area (Å²) in [6.45, 7) is 9.02. The number of ether oxygens (including phenoxy) is 1. The number of carbonyl (C=O) groups excluding carboxylic acids is 1. The smallest absolute Gasteiger partial charge is 0.293 e. The van der Waals surface area contributed by atoms with Gasteiger partial charge < -0.3 is 15.0 Å². The molecule has 1 spiro atoms. The second-order valence-corrected chi connectivity index (χ2v) is 8.70. The molecule has 0 atom stereocenters. The fourth-order valence-electron chi connectivity index (χ4n) is 4.39. The Kier molecular flexibility index (Phi) is 5.16. The first-order valence-corrected chi connectivity index (χ1v) is 9.65. The molecule has 1 amide bonds. The number of nitrogens with zero attached hydrogens (tertiary/aromatic N) is 2. The number of nitro groups is 1. The number of anilines is 1. The minimum atomic E-state index is -0.398. The molecule has 1 aliphatic heterocycles. The van der Waals surface area contributed by atoms with Crippen molar-refractivity contribution in [3.8, 4) is 0 Å². The molecular formula is C20H29N3O4. The zero-order chi connectivity index (χ0) is 19.8. The van der Waals surface area contributed by atoms with E-state index in [1.165, 1.54) is 6.07 Å². The number of carbonyl (C=O) groups is 1. The highest BCUT2D eigenvalue weighted by Gasteiger charge is 2.46. The van der Waals surface area contributed by atoms with Gasteiger partial charge in [-0.1, -0.05) is 12.8 Å². The molecule has 0 unspecified atom stereocenters. The first-order valence-electron chi connectivity index (χ1n) is 9.65. The quantitative estimate of drug-likeness (QED) is 0.641. The summed E-state index contributed by atoms with van der Waals surface area (Å²) in [4.78, 5) is 25.7. The molecule has 7 heteroatoms. The second kappa shape index (κ2) is 7.11. The van der Waals surface area contributed by atoms with E-state index in [0.717, 1.165) is 25.7 Å². The summed E-state index contributed by atoms with van der Waals surface area (Å²) < 4.78 is 6.40. The van der Waals surface area contributed by atoms with Crippen molar-refractivity contribution in [2.45, 2.75) is 70.6 Å². The molecule has 0 bridgehead atoms. The number of amides is 1. The van der Waals surface area contributed by atoms with Crippen molar-refractivity contribution in [3.05, 3.63) is 33.9 Å². The monoisotopic (exact) mass is 375 g/mol. The lowest BCUT2D eigenvalue weighted by atomic mass is 9.93. The van der Waals surface area contributed by atoms with Crippen molar-refractivity contribution in [1.82, 2.24) is 5.32 Å². The molecule has 1 aromatic rings. The lowest BCUT2D eigenvalue weighted by Gasteiger charge is -2.49. The lowest BCUT2D eigenvalue weighted by Crippen LogP contribution is -2.58. The van der Waals surface area contributed by atoms with Gasteiger partial charge in [-0.25, -0.2) is 0 Å². The van der Waals surface area contributed by atoms with Gasteiger partial charge in [0.05, 0.1) is 16.1 Å². The van der Waals surface area contributed by atoms with Crippen LogP contribution in [0.15, 0.2) is 18.2 Å². The van der Waals surface area contributed by atoms with Crippen molar-refractivity contribution in [1.29, 1.82) is 0 Å². The lowest BCUT2D eigenvalue weighted by molar-refractivity contribution is -0.384. The molecule has 2 fully saturated rings. The van der Waals surface area contributed by atoms with Crippen molar-refractivity contribution < 1.29 is 14.5 Å². The zero-order valence-corrected chi connectivity index (χ0v) is 16.6. The standard InChI is InChI=1S/C20H29N3O4/c1-14(2)21-18(24)15-7-8-16(17(11-15)23(25)26)22-12-19(3,4)27-20(13-22)9-5-6-10-20/h7-8,11,14H,5-6,9-10,12-13H2,1-4H3,(H,21,24). The van der Waals surface area contributed by atoms with E-state index in [9.17, 15) is 14.9 Å². The molecule has 1 aliphatic carbocycles. The minimum Gasteiger partial charge on any atom is -0.365 e. The highest BCUT2D eigenvalue weighted by Crippen LogP contribution is 2.43. The Balaban J connectivity index is 1.95. The number of morpholine rings is 1. The summed E-state index contributed by atoms with van der Waals surface area (Å²) in [7, 11) is 0. The highest BCUT2D eigenvalue weighted by atomic mass is 16.6. The molecule has 0 radical (unpaired) electrons. The van der Waals surface area contributed by atoms with Crippen LogP contribution in [-0.2, 0) is 4.74 Å². The van der Waals surface area contributed by atoms with Crippen LogP contribution in [0, 0.1) is 10.1 Å². The van der Waals surface area contributed by atoms with Gasteiger partial charge in [0, 0.05) is 30.8 Å². The molecule has 1 aromatic carbocycles. The number of benzene rings is 1. The van der Waals surface area contributed by atoms with Crippen molar-refractivity contribution in [2.75, 3.05) is 18.0 Å². The summed E-state index contributed by atoms with van der Waals surface area (Å²) in [5.74, 6) is -0.297. The molecule has 7 nitrogen and oxygen atoms in total. The Labute approximate surface area is 160 Å². The molecule has 0 aromatic heterocycles. The van der Waals surface area contributed by atoms with E-state index in [0.29, 0.717) is 24.3 Å². The Morgan fingerprint density at radius 3 is 2.52 bits per heavy atom. The van der Waals surface area contributed by atoms with Crippen LogP contribution in [0.25, 0.3) is 0 Å². The maximum absolute atomic E-state index is 12.3. The fourth-order valence-corrected chi connectivity index (χ4v) is 4.39. The summed E-state index contributed by atoms with van der Waals surface area (Å²) in [5, 5.41) is 14.5. The number of rotatable bonds is 4. The molecule has 148 valence electrons. The Bertz CT molecular complexity index is 739. The van der Waals surface area contributed by atoms with E-state index in [4.69, 9.17) is 4.74 Å². The number of nitro benzene ring substituents is 1. The largest absolute Gasteiger partial charge is 0.365 e. The third kappa shape index (κ3) is 4.24. The predicted molar refractivity (Wildman–Crippen MR) is 104 cm³/mol. The number of nitrogens with one attached hydrogen (secondary N) is 1. The molecule has 1 heterocycles. The van der Waals surface area contributed by atoms with E-state index < -0.39 is 4.92 Å². The summed E-state index contributed by atoms with van der Waals surface area (Å²) >= 11 is 0. The molecule has 1 saturated heterocycles. The molecule has 2 aliphatic rings. The summed E-state index contributed by atoms with van der Waals surface area (Å²) in [6.07, 6.45) is 4.21. The average Bonchev–Trinajstić information content (AvgIpc) is 2.99. The maximum Gasteiger partial charge on any atom is 0.293 e. The van der Waals surface area contributed by atoms with Crippen LogP contribution < -0.4 is 10.2 Å². The van der Waals surface area contributed by atoms with Gasteiger partial charge in [-0.05, 0) is 52.7 Å². The van der Waals surface area contributed by atoms with Gasteiger partial charge in [-0.15, -0.1) is 0 Å². The van der Waals surface area contributed by atoms with Crippen LogP contribution in [0.2, 0.25) is 0 Å². The summed E-state index contributed by atoms with van der Waals surface area (Å²) in [5.41, 5.74) is 0.219. The molecule has 1 saturated carbocycles. The van der Waals surface area contributed by atoms with Gasteiger partial charge >= 0.3 is 0 Å². The van der Waals surface area contributed by atoms with E-state index in [1.807, 2.05) is 27.7 Å². The average molecular weight is 375 g/mol. The second-order valence-electron chi connectivity index (χ2n) is 8.70.